The first-order valence-electron chi connectivity index (χ1n) is 12.2. The highest BCUT2D eigenvalue weighted by atomic mass is 35.5. The van der Waals surface area contributed by atoms with Crippen LogP contribution in [0.2, 0.25) is 10.0 Å². The first-order chi connectivity index (χ1) is 19.3. The molecule has 1 atom stereocenters. The Bertz CT molecular complexity index is 1630. The Labute approximate surface area is 239 Å². The molecular formula is C30H21Cl2FN2O5. The summed E-state index contributed by atoms with van der Waals surface area (Å²) in [5.74, 6) is -2.44. The van der Waals surface area contributed by atoms with Crippen LogP contribution in [-0.2, 0) is 4.74 Å². The molecule has 1 amide bonds. The number of halogens is 3. The van der Waals surface area contributed by atoms with Crippen molar-refractivity contribution in [1.82, 2.24) is 4.98 Å². The van der Waals surface area contributed by atoms with Crippen LogP contribution in [0.15, 0.2) is 79.0 Å². The molecule has 1 aliphatic heterocycles. The average molecular weight is 579 g/mol. The van der Waals surface area contributed by atoms with Crippen LogP contribution in [0.5, 0.6) is 11.6 Å². The number of pyridine rings is 1. The Morgan fingerprint density at radius 1 is 0.975 bits per heavy atom. The first kappa shape index (κ1) is 27.3. The van der Waals surface area contributed by atoms with E-state index in [9.17, 15) is 18.8 Å². The highest BCUT2D eigenvalue weighted by Crippen LogP contribution is 2.39. The number of Topliss-reactive ketones (excluding diaryl/α,β-unsaturated/α-hetero) is 1. The Kier molecular flexibility index (Phi) is 7.82. The maximum absolute atomic E-state index is 14.3. The lowest BCUT2D eigenvalue weighted by molar-refractivity contribution is 0.0600. The van der Waals surface area contributed by atoms with Gasteiger partial charge < -0.3 is 14.4 Å². The maximum atomic E-state index is 14.3. The lowest BCUT2D eigenvalue weighted by atomic mass is 9.83. The fourth-order valence-electron chi connectivity index (χ4n) is 4.60. The summed E-state index contributed by atoms with van der Waals surface area (Å²) in [5, 5.41) is 0.591. The van der Waals surface area contributed by atoms with E-state index in [0.717, 1.165) is 12.3 Å². The number of benzene rings is 3. The van der Waals surface area contributed by atoms with E-state index in [1.54, 1.807) is 42.5 Å². The predicted molar refractivity (Wildman–Crippen MR) is 148 cm³/mol. The molecule has 0 saturated carbocycles. The van der Waals surface area contributed by atoms with Crippen LogP contribution in [0.1, 0.15) is 49.0 Å². The SMILES string of the molecule is COC(=O)c1ccc(C(=O)C2CCN(C(=O)c3cc(F)cnc3Oc3cc(Cl)ccc3Cl)c3ccccc32)cc1. The minimum Gasteiger partial charge on any atom is -0.465 e. The van der Waals surface area contributed by atoms with Crippen molar-refractivity contribution >= 4 is 46.5 Å². The van der Waals surface area contributed by atoms with E-state index in [1.807, 2.05) is 0 Å². The number of hydrogen-bond acceptors (Lipinski definition) is 6. The Morgan fingerprint density at radius 3 is 2.45 bits per heavy atom. The van der Waals surface area contributed by atoms with Gasteiger partial charge in [-0.25, -0.2) is 14.2 Å². The molecule has 4 aromatic rings. The minimum atomic E-state index is -0.721. The van der Waals surface area contributed by atoms with Gasteiger partial charge in [0.05, 0.1) is 29.8 Å². The number of carbonyl (C=O) groups is 3. The number of fused-ring (bicyclic) bond motifs is 1. The van der Waals surface area contributed by atoms with Gasteiger partial charge in [0.15, 0.2) is 5.78 Å². The summed E-state index contributed by atoms with van der Waals surface area (Å²) in [5.41, 5.74) is 1.80. The molecule has 1 unspecified atom stereocenters. The zero-order chi connectivity index (χ0) is 28.4. The van der Waals surface area contributed by atoms with Crippen LogP contribution in [0, 0.1) is 5.82 Å². The number of rotatable bonds is 6. The molecule has 2 heterocycles. The first-order valence-corrected chi connectivity index (χ1v) is 12.9. The molecule has 40 heavy (non-hydrogen) atoms. The quantitative estimate of drug-likeness (QED) is 0.179. The van der Waals surface area contributed by atoms with Gasteiger partial charge in [0, 0.05) is 28.9 Å². The maximum Gasteiger partial charge on any atom is 0.337 e. The third kappa shape index (κ3) is 5.41. The highest BCUT2D eigenvalue weighted by molar-refractivity contribution is 6.34. The largest absolute Gasteiger partial charge is 0.465 e. The van der Waals surface area contributed by atoms with Gasteiger partial charge in [-0.15, -0.1) is 0 Å². The van der Waals surface area contributed by atoms with Crippen LogP contribution in [-0.4, -0.2) is 36.3 Å². The number of aromatic nitrogens is 1. The monoisotopic (exact) mass is 578 g/mol. The fourth-order valence-corrected chi connectivity index (χ4v) is 4.92. The molecule has 0 saturated heterocycles. The topological polar surface area (TPSA) is 85.8 Å². The van der Waals surface area contributed by atoms with E-state index in [2.05, 4.69) is 4.98 Å². The van der Waals surface area contributed by atoms with Gasteiger partial charge in [0.25, 0.3) is 5.91 Å². The molecule has 202 valence electrons. The van der Waals surface area contributed by atoms with Crippen molar-refractivity contribution < 1.29 is 28.2 Å². The van der Waals surface area contributed by atoms with Crippen LogP contribution >= 0.6 is 23.2 Å². The smallest absolute Gasteiger partial charge is 0.337 e. The van der Waals surface area contributed by atoms with Crippen molar-refractivity contribution in [1.29, 1.82) is 0 Å². The van der Waals surface area contributed by atoms with Gasteiger partial charge in [0.2, 0.25) is 5.88 Å². The number of anilines is 1. The molecule has 0 fully saturated rings. The summed E-state index contributed by atoms with van der Waals surface area (Å²) < 4.78 is 24.8. The second kappa shape index (κ2) is 11.5. The van der Waals surface area contributed by atoms with E-state index in [4.69, 9.17) is 32.7 Å². The molecule has 7 nitrogen and oxygen atoms in total. The van der Waals surface area contributed by atoms with Crippen LogP contribution in [0.4, 0.5) is 10.1 Å². The van der Waals surface area contributed by atoms with Gasteiger partial charge in [0.1, 0.15) is 17.1 Å². The zero-order valence-corrected chi connectivity index (χ0v) is 22.6. The minimum absolute atomic E-state index is 0.117. The number of para-hydroxylation sites is 1. The standard InChI is InChI=1S/C30H21Cl2FN2O5/c1-39-30(38)18-8-6-17(7-9-18)27(36)22-12-13-35(25-5-3-2-4-21(22)25)29(37)23-15-20(33)16-34-28(23)40-26-14-19(31)10-11-24(26)32/h2-11,14-16,22H,12-13H2,1H3. The Hall–Kier alpha value is -4.27. The predicted octanol–water partition coefficient (Wildman–Crippen LogP) is 7.12. The normalized spacial score (nSPS) is 14.3. The van der Waals surface area contributed by atoms with Crippen molar-refractivity contribution in [3.8, 4) is 11.6 Å². The van der Waals surface area contributed by atoms with Gasteiger partial charge in [-0.05, 0) is 48.4 Å². The third-order valence-electron chi connectivity index (χ3n) is 6.54. The molecular weight excluding hydrogens is 558 g/mol. The fraction of sp³-hybridized carbons (Fsp3) is 0.133. The van der Waals surface area contributed by atoms with Crippen LogP contribution in [0.3, 0.4) is 0 Å². The molecule has 10 heteroatoms. The van der Waals surface area contributed by atoms with Crippen LogP contribution in [0.25, 0.3) is 0 Å². The molecule has 1 aromatic heterocycles. The molecule has 0 N–H and O–H groups in total. The number of hydrogen-bond donors (Lipinski definition) is 0. The highest BCUT2D eigenvalue weighted by Gasteiger charge is 2.34. The van der Waals surface area contributed by atoms with Gasteiger partial charge in [-0.1, -0.05) is 53.5 Å². The zero-order valence-electron chi connectivity index (χ0n) is 21.1. The van der Waals surface area contributed by atoms with Crippen molar-refractivity contribution in [2.75, 3.05) is 18.6 Å². The van der Waals surface area contributed by atoms with Gasteiger partial charge in [-0.2, -0.15) is 0 Å². The van der Waals surface area contributed by atoms with E-state index >= 15 is 0 Å². The molecule has 1 aliphatic rings. The summed E-state index contributed by atoms with van der Waals surface area (Å²) in [4.78, 5) is 44.5. The number of esters is 1. The molecule has 5 rings (SSSR count). The van der Waals surface area contributed by atoms with Gasteiger partial charge in [-0.3, -0.25) is 9.59 Å². The lowest BCUT2D eigenvalue weighted by Crippen LogP contribution is -2.38. The van der Waals surface area contributed by atoms with E-state index in [-0.39, 0.29) is 34.5 Å². The lowest BCUT2D eigenvalue weighted by Gasteiger charge is -2.34. The van der Waals surface area contributed by atoms with E-state index in [1.165, 1.54) is 36.3 Å². The third-order valence-corrected chi connectivity index (χ3v) is 7.09. The summed E-state index contributed by atoms with van der Waals surface area (Å²) in [6, 6.07) is 18.9. The number of nitrogens with zero attached hydrogens (tertiary/aromatic N) is 2. The number of ether oxygens (including phenoxy) is 2. The molecule has 0 aliphatic carbocycles. The van der Waals surface area contributed by atoms with Crippen molar-refractivity contribution in [2.24, 2.45) is 0 Å². The van der Waals surface area contributed by atoms with Gasteiger partial charge >= 0.3 is 5.97 Å². The summed E-state index contributed by atoms with van der Waals surface area (Å²) >= 11 is 12.3. The van der Waals surface area contributed by atoms with Crippen molar-refractivity contribution in [3.05, 3.63) is 117 Å². The van der Waals surface area contributed by atoms with E-state index < -0.39 is 23.6 Å². The van der Waals surface area contributed by atoms with Crippen LogP contribution < -0.4 is 9.64 Å². The summed E-state index contributed by atoms with van der Waals surface area (Å²) in [7, 11) is 1.29. The number of carbonyl (C=O) groups excluding carboxylic acids is 3. The number of methoxy groups -OCH3 is 1. The van der Waals surface area contributed by atoms with Crippen molar-refractivity contribution in [3.63, 3.8) is 0 Å². The Balaban J connectivity index is 1.46. The molecule has 0 radical (unpaired) electrons. The van der Waals surface area contributed by atoms with E-state index in [0.29, 0.717) is 33.8 Å². The number of amides is 1. The molecule has 3 aromatic carbocycles. The molecule has 0 bridgehead atoms. The summed E-state index contributed by atoms with van der Waals surface area (Å²) in [6.07, 6.45) is 1.26. The Morgan fingerprint density at radius 2 is 1.70 bits per heavy atom. The van der Waals surface area contributed by atoms with Crippen molar-refractivity contribution in [2.45, 2.75) is 12.3 Å². The summed E-state index contributed by atoms with van der Waals surface area (Å²) in [6.45, 7) is 0.181. The number of ketones is 1. The second-order valence-corrected chi connectivity index (χ2v) is 9.82. The average Bonchev–Trinajstić information content (AvgIpc) is 2.98. The second-order valence-electron chi connectivity index (χ2n) is 8.97. The molecule has 0 spiro atoms.